The van der Waals surface area contributed by atoms with Crippen LogP contribution in [0.5, 0.6) is 17.2 Å². The van der Waals surface area contributed by atoms with Crippen LogP contribution >= 0.6 is 0 Å². The zero-order valence-electron chi connectivity index (χ0n) is 13.2. The van der Waals surface area contributed by atoms with E-state index >= 15 is 0 Å². The average molecular weight is 323 g/mol. The summed E-state index contributed by atoms with van der Waals surface area (Å²) >= 11 is 0. The Morgan fingerprint density at radius 2 is 1.79 bits per heavy atom. The van der Waals surface area contributed by atoms with Crippen molar-refractivity contribution >= 4 is 11.6 Å². The Labute approximate surface area is 139 Å². The Morgan fingerprint density at radius 1 is 1.04 bits per heavy atom. The first kappa shape index (κ1) is 15.7. The van der Waals surface area contributed by atoms with E-state index < -0.39 is 0 Å². The van der Waals surface area contributed by atoms with Gasteiger partial charge in [0.25, 0.3) is 5.91 Å². The van der Waals surface area contributed by atoms with Crippen LogP contribution in [0.15, 0.2) is 71.5 Å². The number of amides is 1. The lowest BCUT2D eigenvalue weighted by atomic mass is 10.2. The molecule has 1 amide bonds. The first-order chi connectivity index (χ1) is 11.8. The maximum atomic E-state index is 12.2. The molecule has 1 N–H and O–H groups in total. The van der Waals surface area contributed by atoms with Gasteiger partial charge in [0.05, 0.1) is 24.1 Å². The van der Waals surface area contributed by atoms with Gasteiger partial charge in [0.2, 0.25) is 0 Å². The summed E-state index contributed by atoms with van der Waals surface area (Å²) in [7, 11) is 0. The van der Waals surface area contributed by atoms with E-state index in [-0.39, 0.29) is 5.91 Å². The summed E-state index contributed by atoms with van der Waals surface area (Å²) in [4.78, 5) is 12.2. The highest BCUT2D eigenvalue weighted by atomic mass is 16.5. The van der Waals surface area contributed by atoms with Crippen molar-refractivity contribution in [3.05, 3.63) is 72.7 Å². The molecule has 0 unspecified atom stereocenters. The van der Waals surface area contributed by atoms with E-state index in [0.29, 0.717) is 29.4 Å². The lowest BCUT2D eigenvalue weighted by Gasteiger charge is -2.12. The topological polar surface area (TPSA) is 60.7 Å². The quantitative estimate of drug-likeness (QED) is 0.713. The SMILES string of the molecule is CCOc1ccc(Oc2ccccc2NC(=O)c2ccoc2)cc1. The summed E-state index contributed by atoms with van der Waals surface area (Å²) in [5, 5.41) is 2.82. The number of hydrogen-bond donors (Lipinski definition) is 1. The van der Waals surface area contributed by atoms with Gasteiger partial charge in [-0.1, -0.05) is 12.1 Å². The summed E-state index contributed by atoms with van der Waals surface area (Å²) < 4.78 is 16.2. The van der Waals surface area contributed by atoms with E-state index in [0.717, 1.165) is 5.75 Å². The molecule has 5 heteroatoms. The fourth-order valence-electron chi connectivity index (χ4n) is 2.14. The fraction of sp³-hybridized carbons (Fsp3) is 0.105. The number of para-hydroxylation sites is 2. The molecular weight excluding hydrogens is 306 g/mol. The molecule has 2 aromatic carbocycles. The normalized spacial score (nSPS) is 10.2. The number of anilines is 1. The predicted octanol–water partition coefficient (Wildman–Crippen LogP) is 4.72. The highest BCUT2D eigenvalue weighted by molar-refractivity contribution is 6.04. The van der Waals surface area contributed by atoms with Crippen molar-refractivity contribution in [3.8, 4) is 17.2 Å². The molecule has 122 valence electrons. The maximum Gasteiger partial charge on any atom is 0.259 e. The molecule has 0 radical (unpaired) electrons. The zero-order valence-corrected chi connectivity index (χ0v) is 13.2. The standard InChI is InChI=1S/C19H17NO4/c1-2-23-15-7-9-16(10-8-15)24-18-6-4-3-5-17(18)20-19(21)14-11-12-22-13-14/h3-13H,2H2,1H3,(H,20,21). The number of benzene rings is 2. The van der Waals surface area contributed by atoms with Crippen molar-refractivity contribution in [2.24, 2.45) is 0 Å². The number of furan rings is 1. The van der Waals surface area contributed by atoms with Crippen LogP contribution in [0.1, 0.15) is 17.3 Å². The predicted molar refractivity (Wildman–Crippen MR) is 90.8 cm³/mol. The van der Waals surface area contributed by atoms with E-state index in [1.165, 1.54) is 12.5 Å². The lowest BCUT2D eigenvalue weighted by molar-refractivity contribution is 0.102. The molecule has 0 saturated heterocycles. The second kappa shape index (κ2) is 7.37. The third-order valence-corrected chi connectivity index (χ3v) is 3.28. The van der Waals surface area contributed by atoms with E-state index in [1.54, 1.807) is 18.2 Å². The molecular formula is C19H17NO4. The van der Waals surface area contributed by atoms with Crippen LogP contribution in [0.25, 0.3) is 0 Å². The average Bonchev–Trinajstić information content (AvgIpc) is 3.13. The van der Waals surface area contributed by atoms with Crippen LogP contribution < -0.4 is 14.8 Å². The molecule has 0 aliphatic carbocycles. The molecule has 1 aromatic heterocycles. The van der Waals surface area contributed by atoms with Crippen LogP contribution in [0.2, 0.25) is 0 Å². The summed E-state index contributed by atoms with van der Waals surface area (Å²) in [5.74, 6) is 1.74. The number of carbonyl (C=O) groups excluding carboxylic acids is 1. The summed E-state index contributed by atoms with van der Waals surface area (Å²) in [6.45, 7) is 2.55. The molecule has 24 heavy (non-hydrogen) atoms. The van der Waals surface area contributed by atoms with Gasteiger partial charge >= 0.3 is 0 Å². The van der Waals surface area contributed by atoms with Crippen LogP contribution in [-0.4, -0.2) is 12.5 Å². The van der Waals surface area contributed by atoms with Gasteiger partial charge in [0.1, 0.15) is 17.8 Å². The molecule has 0 atom stereocenters. The minimum Gasteiger partial charge on any atom is -0.494 e. The van der Waals surface area contributed by atoms with Crippen LogP contribution in [-0.2, 0) is 0 Å². The third-order valence-electron chi connectivity index (χ3n) is 3.28. The van der Waals surface area contributed by atoms with E-state index in [4.69, 9.17) is 13.9 Å². The largest absolute Gasteiger partial charge is 0.494 e. The van der Waals surface area contributed by atoms with Gasteiger partial charge in [0, 0.05) is 0 Å². The summed E-state index contributed by atoms with van der Waals surface area (Å²) in [5.41, 5.74) is 1.03. The highest BCUT2D eigenvalue weighted by Crippen LogP contribution is 2.30. The lowest BCUT2D eigenvalue weighted by Crippen LogP contribution is -2.11. The second-order valence-electron chi connectivity index (χ2n) is 4.97. The Morgan fingerprint density at radius 3 is 2.50 bits per heavy atom. The van der Waals surface area contributed by atoms with Gasteiger partial charge in [-0.3, -0.25) is 4.79 Å². The molecule has 1 heterocycles. The van der Waals surface area contributed by atoms with Crippen LogP contribution in [0, 0.1) is 0 Å². The van der Waals surface area contributed by atoms with Crippen molar-refractivity contribution in [1.29, 1.82) is 0 Å². The number of carbonyl (C=O) groups is 1. The van der Waals surface area contributed by atoms with Crippen LogP contribution in [0.3, 0.4) is 0 Å². The fourth-order valence-corrected chi connectivity index (χ4v) is 2.14. The first-order valence-electron chi connectivity index (χ1n) is 7.59. The van der Waals surface area contributed by atoms with Crippen molar-refractivity contribution in [2.45, 2.75) is 6.92 Å². The Kier molecular flexibility index (Phi) is 4.81. The number of nitrogens with one attached hydrogen (secondary N) is 1. The first-order valence-corrected chi connectivity index (χ1v) is 7.59. The molecule has 0 saturated carbocycles. The molecule has 5 nitrogen and oxygen atoms in total. The Balaban J connectivity index is 1.75. The highest BCUT2D eigenvalue weighted by Gasteiger charge is 2.11. The van der Waals surface area contributed by atoms with Crippen molar-refractivity contribution < 1.29 is 18.7 Å². The maximum absolute atomic E-state index is 12.2. The molecule has 3 aromatic rings. The van der Waals surface area contributed by atoms with Crippen molar-refractivity contribution in [2.75, 3.05) is 11.9 Å². The zero-order chi connectivity index (χ0) is 16.8. The van der Waals surface area contributed by atoms with Gasteiger partial charge in [0.15, 0.2) is 5.75 Å². The summed E-state index contributed by atoms with van der Waals surface area (Å²) in [6, 6.07) is 16.2. The molecule has 0 bridgehead atoms. The Hall–Kier alpha value is -3.21. The molecule has 0 spiro atoms. The second-order valence-corrected chi connectivity index (χ2v) is 4.97. The van der Waals surface area contributed by atoms with E-state index in [9.17, 15) is 4.79 Å². The van der Waals surface area contributed by atoms with Crippen molar-refractivity contribution in [1.82, 2.24) is 0 Å². The van der Waals surface area contributed by atoms with Gasteiger partial charge < -0.3 is 19.2 Å². The van der Waals surface area contributed by atoms with Gasteiger partial charge in [-0.25, -0.2) is 0 Å². The number of rotatable bonds is 6. The number of ether oxygens (including phenoxy) is 2. The third kappa shape index (κ3) is 3.76. The minimum absolute atomic E-state index is 0.258. The number of hydrogen-bond acceptors (Lipinski definition) is 4. The smallest absolute Gasteiger partial charge is 0.259 e. The van der Waals surface area contributed by atoms with Gasteiger partial charge in [-0.05, 0) is 49.4 Å². The monoisotopic (exact) mass is 323 g/mol. The van der Waals surface area contributed by atoms with E-state index in [2.05, 4.69) is 5.32 Å². The van der Waals surface area contributed by atoms with Gasteiger partial charge in [-0.2, -0.15) is 0 Å². The Bertz CT molecular complexity index is 794. The van der Waals surface area contributed by atoms with Crippen LogP contribution in [0.4, 0.5) is 5.69 Å². The molecule has 0 aliphatic rings. The van der Waals surface area contributed by atoms with Crippen molar-refractivity contribution in [3.63, 3.8) is 0 Å². The molecule has 0 fully saturated rings. The molecule has 3 rings (SSSR count). The molecule has 0 aliphatic heterocycles. The summed E-state index contributed by atoms with van der Waals surface area (Å²) in [6.07, 6.45) is 2.85. The van der Waals surface area contributed by atoms with Gasteiger partial charge in [-0.15, -0.1) is 0 Å². The van der Waals surface area contributed by atoms with E-state index in [1.807, 2.05) is 43.3 Å². The minimum atomic E-state index is -0.258.